The Bertz CT molecular complexity index is 1010. The number of carboxylic acids is 1. The molecule has 0 spiro atoms. The lowest BCUT2D eigenvalue weighted by Crippen LogP contribution is -2.39. The van der Waals surface area contributed by atoms with Crippen molar-refractivity contribution >= 4 is 28.7 Å². The number of carboxylic acid groups (broad SMARTS) is 1. The van der Waals surface area contributed by atoms with E-state index in [9.17, 15) is 30.1 Å². The standard InChI is InChI=1S/C19H18N4O6/c1-12-15(9-10-19(12,18(24)25)13-5-3-2-4-6-13)20-21-16-8-7-14(22(26)27)11-17(16)23(28)29/h2-8,11-12,21H,9-10H2,1H3,(H,24,25)/b20-15+/t12-,19-/m0/s1. The van der Waals surface area contributed by atoms with E-state index in [0.717, 1.165) is 12.1 Å². The number of rotatable bonds is 6. The molecule has 0 unspecified atom stereocenters. The Morgan fingerprint density at radius 3 is 2.45 bits per heavy atom. The molecule has 2 N–H and O–H groups in total. The Hall–Kier alpha value is -3.82. The minimum atomic E-state index is -1.14. The van der Waals surface area contributed by atoms with Gasteiger partial charge < -0.3 is 5.11 Å². The van der Waals surface area contributed by atoms with E-state index in [1.165, 1.54) is 6.07 Å². The van der Waals surface area contributed by atoms with Gasteiger partial charge in [0.2, 0.25) is 0 Å². The van der Waals surface area contributed by atoms with E-state index in [-0.39, 0.29) is 5.69 Å². The second-order valence-corrected chi connectivity index (χ2v) is 6.79. The summed E-state index contributed by atoms with van der Waals surface area (Å²) in [6.07, 6.45) is 0.743. The summed E-state index contributed by atoms with van der Waals surface area (Å²) in [4.78, 5) is 32.8. The molecule has 10 heteroatoms. The van der Waals surface area contributed by atoms with Crippen LogP contribution in [0.25, 0.3) is 0 Å². The van der Waals surface area contributed by atoms with Crippen LogP contribution in [-0.2, 0) is 10.2 Å². The van der Waals surface area contributed by atoms with Crippen molar-refractivity contribution in [2.75, 3.05) is 5.43 Å². The molecule has 0 radical (unpaired) electrons. The molecule has 150 valence electrons. The van der Waals surface area contributed by atoms with Crippen LogP contribution in [0.3, 0.4) is 0 Å². The predicted octanol–water partition coefficient (Wildman–Crippen LogP) is 3.72. The van der Waals surface area contributed by atoms with E-state index < -0.39 is 38.5 Å². The zero-order valence-electron chi connectivity index (χ0n) is 15.4. The summed E-state index contributed by atoms with van der Waals surface area (Å²) in [5.74, 6) is -1.41. The lowest BCUT2D eigenvalue weighted by molar-refractivity contribution is -0.393. The maximum absolute atomic E-state index is 12.2. The first-order chi connectivity index (χ1) is 13.8. The van der Waals surface area contributed by atoms with Crippen LogP contribution in [0.5, 0.6) is 0 Å². The first-order valence-corrected chi connectivity index (χ1v) is 8.81. The number of nitrogens with zero attached hydrogens (tertiary/aromatic N) is 3. The molecular formula is C19H18N4O6. The van der Waals surface area contributed by atoms with Crippen LogP contribution in [0, 0.1) is 26.1 Å². The van der Waals surface area contributed by atoms with Crippen LogP contribution in [-0.4, -0.2) is 26.6 Å². The van der Waals surface area contributed by atoms with Gasteiger partial charge in [0, 0.05) is 17.7 Å². The predicted molar refractivity (Wildman–Crippen MR) is 105 cm³/mol. The number of carbonyl (C=O) groups is 1. The number of benzene rings is 2. The Balaban J connectivity index is 1.92. The Morgan fingerprint density at radius 1 is 1.17 bits per heavy atom. The minimum Gasteiger partial charge on any atom is -0.481 e. The molecule has 0 aromatic heterocycles. The van der Waals surface area contributed by atoms with Gasteiger partial charge in [0.1, 0.15) is 11.1 Å². The summed E-state index contributed by atoms with van der Waals surface area (Å²) < 4.78 is 0. The summed E-state index contributed by atoms with van der Waals surface area (Å²) in [6, 6.07) is 12.1. The van der Waals surface area contributed by atoms with Gasteiger partial charge in [0.25, 0.3) is 5.69 Å². The van der Waals surface area contributed by atoms with Crippen LogP contribution >= 0.6 is 0 Å². The molecule has 2 atom stereocenters. The van der Waals surface area contributed by atoms with Gasteiger partial charge in [-0.25, -0.2) is 0 Å². The summed E-state index contributed by atoms with van der Waals surface area (Å²) in [5.41, 5.74) is 1.79. The maximum Gasteiger partial charge on any atom is 0.314 e. The molecule has 1 saturated carbocycles. The molecule has 1 fully saturated rings. The molecule has 3 rings (SSSR count). The lowest BCUT2D eigenvalue weighted by Gasteiger charge is -2.29. The largest absolute Gasteiger partial charge is 0.481 e. The number of hydrazone groups is 1. The Morgan fingerprint density at radius 2 is 1.86 bits per heavy atom. The van der Waals surface area contributed by atoms with E-state index in [1.807, 2.05) is 6.07 Å². The third-order valence-electron chi connectivity index (χ3n) is 5.39. The van der Waals surface area contributed by atoms with Gasteiger partial charge in [-0.1, -0.05) is 37.3 Å². The molecule has 29 heavy (non-hydrogen) atoms. The van der Waals surface area contributed by atoms with Crippen LogP contribution in [0.4, 0.5) is 17.1 Å². The highest BCUT2D eigenvalue weighted by atomic mass is 16.6. The average molecular weight is 398 g/mol. The van der Waals surface area contributed by atoms with Gasteiger partial charge in [0.15, 0.2) is 0 Å². The number of aliphatic carboxylic acids is 1. The van der Waals surface area contributed by atoms with Crippen molar-refractivity contribution in [2.45, 2.75) is 25.2 Å². The minimum absolute atomic E-state index is 0.00663. The molecule has 2 aromatic rings. The highest BCUT2D eigenvalue weighted by Crippen LogP contribution is 2.44. The summed E-state index contributed by atoms with van der Waals surface area (Å²) in [6.45, 7) is 1.76. The molecule has 0 saturated heterocycles. The molecule has 0 aliphatic heterocycles. The molecule has 0 heterocycles. The van der Waals surface area contributed by atoms with Crippen molar-refractivity contribution in [3.63, 3.8) is 0 Å². The normalized spacial score (nSPS) is 22.4. The summed E-state index contributed by atoms with van der Waals surface area (Å²) >= 11 is 0. The van der Waals surface area contributed by atoms with Crippen LogP contribution in [0.15, 0.2) is 53.6 Å². The third-order valence-corrected chi connectivity index (χ3v) is 5.39. The van der Waals surface area contributed by atoms with Crippen molar-refractivity contribution in [2.24, 2.45) is 11.0 Å². The van der Waals surface area contributed by atoms with E-state index >= 15 is 0 Å². The van der Waals surface area contributed by atoms with Gasteiger partial charge in [-0.2, -0.15) is 5.10 Å². The fourth-order valence-electron chi connectivity index (χ4n) is 3.75. The Kier molecular flexibility index (Phi) is 5.26. The van der Waals surface area contributed by atoms with E-state index in [0.29, 0.717) is 24.1 Å². The molecule has 1 aliphatic carbocycles. The van der Waals surface area contributed by atoms with Crippen LogP contribution in [0.1, 0.15) is 25.3 Å². The van der Waals surface area contributed by atoms with Gasteiger partial charge in [-0.05, 0) is 24.5 Å². The smallest absolute Gasteiger partial charge is 0.314 e. The van der Waals surface area contributed by atoms with Gasteiger partial charge in [0.05, 0.1) is 15.9 Å². The fourth-order valence-corrected chi connectivity index (χ4v) is 3.75. The molecule has 10 nitrogen and oxygen atoms in total. The third kappa shape index (κ3) is 3.51. The second-order valence-electron chi connectivity index (χ2n) is 6.79. The van der Waals surface area contributed by atoms with E-state index in [4.69, 9.17) is 0 Å². The zero-order valence-corrected chi connectivity index (χ0v) is 15.4. The quantitative estimate of drug-likeness (QED) is 0.556. The lowest BCUT2D eigenvalue weighted by atomic mass is 9.73. The zero-order chi connectivity index (χ0) is 21.2. The van der Waals surface area contributed by atoms with Crippen molar-refractivity contribution < 1.29 is 19.7 Å². The maximum atomic E-state index is 12.2. The fraction of sp³-hybridized carbons (Fsp3) is 0.263. The molecule has 0 bridgehead atoms. The van der Waals surface area contributed by atoms with Gasteiger partial charge in [-0.15, -0.1) is 0 Å². The highest BCUT2D eigenvalue weighted by Gasteiger charge is 2.51. The second kappa shape index (κ2) is 7.66. The van der Waals surface area contributed by atoms with Crippen molar-refractivity contribution in [3.8, 4) is 0 Å². The Labute approximate surface area is 165 Å². The summed E-state index contributed by atoms with van der Waals surface area (Å²) in [5, 5.41) is 36.3. The van der Waals surface area contributed by atoms with E-state index in [2.05, 4.69) is 10.5 Å². The molecular weight excluding hydrogens is 380 g/mol. The monoisotopic (exact) mass is 398 g/mol. The topological polar surface area (TPSA) is 148 Å². The SMILES string of the molecule is C[C@H]1/C(=N/Nc2ccc([N+](=O)[O-])cc2[N+](=O)[O-])CC[C@@]1(C(=O)O)c1ccccc1. The van der Waals surface area contributed by atoms with Crippen LogP contribution < -0.4 is 5.43 Å². The van der Waals surface area contributed by atoms with E-state index in [1.54, 1.807) is 31.2 Å². The highest BCUT2D eigenvalue weighted by molar-refractivity contribution is 5.99. The van der Waals surface area contributed by atoms with Gasteiger partial charge >= 0.3 is 11.7 Å². The van der Waals surface area contributed by atoms with Crippen molar-refractivity contribution in [1.82, 2.24) is 0 Å². The number of anilines is 1. The molecule has 1 aliphatic rings. The number of nitro benzene ring substituents is 2. The first-order valence-electron chi connectivity index (χ1n) is 8.81. The number of nitrogens with one attached hydrogen (secondary N) is 1. The first kappa shape index (κ1) is 19.9. The number of hydrogen-bond acceptors (Lipinski definition) is 7. The van der Waals surface area contributed by atoms with Crippen molar-refractivity contribution in [3.05, 3.63) is 74.3 Å². The number of non-ortho nitro benzene ring substituents is 1. The molecule has 0 amide bonds. The number of nitro groups is 2. The van der Waals surface area contributed by atoms with Crippen molar-refractivity contribution in [1.29, 1.82) is 0 Å². The average Bonchev–Trinajstić information content (AvgIpc) is 3.04. The van der Waals surface area contributed by atoms with Crippen LogP contribution in [0.2, 0.25) is 0 Å². The summed E-state index contributed by atoms with van der Waals surface area (Å²) in [7, 11) is 0. The molecule has 2 aromatic carbocycles. The van der Waals surface area contributed by atoms with Gasteiger partial charge in [-0.3, -0.25) is 30.4 Å². The number of hydrogen-bond donors (Lipinski definition) is 2.